The Morgan fingerprint density at radius 3 is 2.90 bits per heavy atom. The van der Waals surface area contributed by atoms with E-state index < -0.39 is 0 Å². The van der Waals surface area contributed by atoms with Crippen LogP contribution in [-0.2, 0) is 13.0 Å². The highest BCUT2D eigenvalue weighted by Gasteiger charge is 2.20. The van der Waals surface area contributed by atoms with Crippen LogP contribution in [0.2, 0.25) is 0 Å². The third-order valence-corrected chi connectivity index (χ3v) is 3.73. The Bertz CT molecular complexity index is 748. The molecule has 1 aromatic heterocycles. The van der Waals surface area contributed by atoms with Crippen LogP contribution in [0.1, 0.15) is 11.1 Å². The number of aromatic nitrogens is 1. The van der Waals surface area contributed by atoms with Gasteiger partial charge in [0.15, 0.2) is 5.58 Å². The number of anilines is 1. The van der Waals surface area contributed by atoms with Gasteiger partial charge in [0.1, 0.15) is 11.3 Å². The van der Waals surface area contributed by atoms with Gasteiger partial charge in [0, 0.05) is 13.1 Å². The van der Waals surface area contributed by atoms with Crippen LogP contribution >= 0.6 is 0 Å². The lowest BCUT2D eigenvalue weighted by molar-refractivity contribution is 0.552. The van der Waals surface area contributed by atoms with Gasteiger partial charge in [-0.15, -0.1) is 0 Å². The second-order valence-corrected chi connectivity index (χ2v) is 5.05. The average Bonchev–Trinajstić information content (AvgIpc) is 2.90. The summed E-state index contributed by atoms with van der Waals surface area (Å²) in [6, 6.07) is 13.4. The molecule has 0 atom stereocenters. The van der Waals surface area contributed by atoms with Crippen LogP contribution in [0.5, 0.6) is 0 Å². The van der Waals surface area contributed by atoms with E-state index in [-0.39, 0.29) is 5.82 Å². The molecule has 0 radical (unpaired) electrons. The van der Waals surface area contributed by atoms with Crippen LogP contribution in [0, 0.1) is 5.82 Å². The third-order valence-electron chi connectivity index (χ3n) is 3.73. The average molecular weight is 268 g/mol. The summed E-state index contributed by atoms with van der Waals surface area (Å²) in [5.74, 6) is -0.168. The predicted octanol–water partition coefficient (Wildman–Crippen LogP) is 3.53. The van der Waals surface area contributed by atoms with Gasteiger partial charge in [-0.2, -0.15) is 4.98 Å². The first kappa shape index (κ1) is 11.5. The molecule has 0 saturated heterocycles. The lowest BCUT2D eigenvalue weighted by Crippen LogP contribution is -2.30. The van der Waals surface area contributed by atoms with Crippen molar-refractivity contribution < 1.29 is 8.81 Å². The van der Waals surface area contributed by atoms with E-state index >= 15 is 0 Å². The fourth-order valence-electron chi connectivity index (χ4n) is 2.68. The minimum absolute atomic E-state index is 0.168. The SMILES string of the molecule is Fc1ccc2c(c1)CCN(c1nc3ccccc3o1)C2. The van der Waals surface area contributed by atoms with Gasteiger partial charge < -0.3 is 9.32 Å². The summed E-state index contributed by atoms with van der Waals surface area (Å²) in [6.45, 7) is 1.51. The Balaban J connectivity index is 1.69. The number of hydrogen-bond donors (Lipinski definition) is 0. The summed E-state index contributed by atoms with van der Waals surface area (Å²) < 4.78 is 19.0. The van der Waals surface area contributed by atoms with E-state index in [9.17, 15) is 4.39 Å². The van der Waals surface area contributed by atoms with Crippen molar-refractivity contribution in [3.8, 4) is 0 Å². The van der Waals surface area contributed by atoms with E-state index in [2.05, 4.69) is 9.88 Å². The molecule has 0 bridgehead atoms. The summed E-state index contributed by atoms with van der Waals surface area (Å²) in [5, 5.41) is 0. The van der Waals surface area contributed by atoms with Crippen molar-refractivity contribution in [2.45, 2.75) is 13.0 Å². The highest BCUT2D eigenvalue weighted by Crippen LogP contribution is 2.27. The topological polar surface area (TPSA) is 29.3 Å². The Hall–Kier alpha value is -2.36. The Labute approximate surface area is 115 Å². The molecule has 0 fully saturated rings. The predicted molar refractivity (Wildman–Crippen MR) is 75.2 cm³/mol. The lowest BCUT2D eigenvalue weighted by atomic mass is 10.00. The standard InChI is InChI=1S/C16H13FN2O/c17-13-6-5-12-10-19(8-7-11(12)9-13)16-18-14-3-1-2-4-15(14)20-16/h1-6,9H,7-8,10H2. The van der Waals surface area contributed by atoms with Crippen LogP contribution in [0.15, 0.2) is 46.9 Å². The van der Waals surface area contributed by atoms with Gasteiger partial charge >= 0.3 is 0 Å². The van der Waals surface area contributed by atoms with E-state index in [0.717, 1.165) is 35.2 Å². The zero-order valence-corrected chi connectivity index (χ0v) is 10.8. The summed E-state index contributed by atoms with van der Waals surface area (Å²) in [4.78, 5) is 6.61. The van der Waals surface area contributed by atoms with Crippen molar-refractivity contribution in [2.75, 3.05) is 11.4 Å². The molecule has 1 aliphatic heterocycles. The van der Waals surface area contributed by atoms with Crippen molar-refractivity contribution >= 4 is 17.1 Å². The molecule has 2 aromatic carbocycles. The number of oxazole rings is 1. The lowest BCUT2D eigenvalue weighted by Gasteiger charge is -2.27. The van der Waals surface area contributed by atoms with Crippen LogP contribution in [0.25, 0.3) is 11.1 Å². The number of rotatable bonds is 1. The van der Waals surface area contributed by atoms with E-state index in [1.807, 2.05) is 30.3 Å². The Morgan fingerprint density at radius 2 is 2.00 bits per heavy atom. The second-order valence-electron chi connectivity index (χ2n) is 5.05. The van der Waals surface area contributed by atoms with E-state index in [1.165, 1.54) is 6.07 Å². The molecule has 0 unspecified atom stereocenters. The minimum atomic E-state index is -0.168. The summed E-state index contributed by atoms with van der Waals surface area (Å²) >= 11 is 0. The largest absolute Gasteiger partial charge is 0.423 e. The summed E-state index contributed by atoms with van der Waals surface area (Å²) in [6.07, 6.45) is 0.811. The summed E-state index contributed by atoms with van der Waals surface area (Å²) in [5.41, 5.74) is 3.89. The maximum absolute atomic E-state index is 13.2. The number of fused-ring (bicyclic) bond motifs is 2. The van der Waals surface area contributed by atoms with Crippen molar-refractivity contribution in [2.24, 2.45) is 0 Å². The minimum Gasteiger partial charge on any atom is -0.423 e. The molecule has 0 spiro atoms. The zero-order chi connectivity index (χ0) is 13.5. The van der Waals surface area contributed by atoms with Gasteiger partial charge in [-0.3, -0.25) is 0 Å². The first-order valence-electron chi connectivity index (χ1n) is 6.67. The molecule has 0 N–H and O–H groups in total. The van der Waals surface area contributed by atoms with Crippen LogP contribution in [0.4, 0.5) is 10.4 Å². The maximum Gasteiger partial charge on any atom is 0.298 e. The van der Waals surface area contributed by atoms with Gasteiger partial charge in [0.05, 0.1) is 0 Å². The summed E-state index contributed by atoms with van der Waals surface area (Å²) in [7, 11) is 0. The van der Waals surface area contributed by atoms with Crippen LogP contribution in [0.3, 0.4) is 0 Å². The highest BCUT2D eigenvalue weighted by molar-refractivity contribution is 5.74. The maximum atomic E-state index is 13.2. The van der Waals surface area contributed by atoms with Crippen LogP contribution in [-0.4, -0.2) is 11.5 Å². The Morgan fingerprint density at radius 1 is 1.10 bits per heavy atom. The van der Waals surface area contributed by atoms with Gasteiger partial charge in [0.2, 0.25) is 0 Å². The molecule has 100 valence electrons. The molecule has 0 saturated carbocycles. The van der Waals surface area contributed by atoms with Gasteiger partial charge in [-0.1, -0.05) is 18.2 Å². The number of benzene rings is 2. The second kappa shape index (κ2) is 4.34. The van der Waals surface area contributed by atoms with Crippen molar-refractivity contribution in [3.05, 3.63) is 59.4 Å². The molecular formula is C16H13FN2O. The first-order chi connectivity index (χ1) is 9.79. The van der Waals surface area contributed by atoms with E-state index in [1.54, 1.807) is 6.07 Å². The van der Waals surface area contributed by atoms with Gasteiger partial charge in [-0.25, -0.2) is 4.39 Å². The first-order valence-corrected chi connectivity index (χ1v) is 6.67. The molecular weight excluding hydrogens is 255 g/mol. The van der Waals surface area contributed by atoms with Gasteiger partial charge in [0.25, 0.3) is 6.01 Å². The fourth-order valence-corrected chi connectivity index (χ4v) is 2.68. The molecule has 1 aliphatic rings. The zero-order valence-electron chi connectivity index (χ0n) is 10.8. The molecule has 0 aliphatic carbocycles. The monoisotopic (exact) mass is 268 g/mol. The smallest absolute Gasteiger partial charge is 0.298 e. The molecule has 4 heteroatoms. The van der Waals surface area contributed by atoms with E-state index in [4.69, 9.17) is 4.42 Å². The van der Waals surface area contributed by atoms with Crippen molar-refractivity contribution in [1.82, 2.24) is 4.98 Å². The number of halogens is 1. The van der Waals surface area contributed by atoms with E-state index in [0.29, 0.717) is 12.6 Å². The number of para-hydroxylation sites is 2. The molecule has 3 aromatic rings. The number of hydrogen-bond acceptors (Lipinski definition) is 3. The normalized spacial score (nSPS) is 14.6. The Kier molecular flexibility index (Phi) is 2.49. The van der Waals surface area contributed by atoms with Gasteiger partial charge in [-0.05, 0) is 41.8 Å². The fraction of sp³-hybridized carbons (Fsp3) is 0.188. The van der Waals surface area contributed by atoms with Crippen LogP contribution < -0.4 is 4.90 Å². The molecule has 2 heterocycles. The molecule has 20 heavy (non-hydrogen) atoms. The quantitative estimate of drug-likeness (QED) is 0.676. The molecule has 3 nitrogen and oxygen atoms in total. The number of nitrogens with zero attached hydrogens (tertiary/aromatic N) is 2. The molecule has 4 rings (SSSR count). The van der Waals surface area contributed by atoms with Crippen molar-refractivity contribution in [1.29, 1.82) is 0 Å². The third kappa shape index (κ3) is 1.84. The van der Waals surface area contributed by atoms with Crippen molar-refractivity contribution in [3.63, 3.8) is 0 Å². The highest BCUT2D eigenvalue weighted by atomic mass is 19.1. The molecule has 0 amide bonds.